The van der Waals surface area contributed by atoms with Crippen LogP contribution in [0.1, 0.15) is 31.4 Å². The van der Waals surface area contributed by atoms with Gasteiger partial charge in [0.25, 0.3) is 0 Å². The van der Waals surface area contributed by atoms with Gasteiger partial charge in [-0.1, -0.05) is 72.3 Å². The van der Waals surface area contributed by atoms with Crippen LogP contribution in [0.3, 0.4) is 0 Å². The molecule has 0 aliphatic rings. The largest absolute Gasteiger partial charge is 0.468 e. The molecule has 0 aliphatic carbocycles. The molecule has 0 radical (unpaired) electrons. The van der Waals surface area contributed by atoms with Crippen molar-refractivity contribution in [3.05, 3.63) is 83.4 Å². The van der Waals surface area contributed by atoms with Gasteiger partial charge in [0.1, 0.15) is 6.04 Å². The van der Waals surface area contributed by atoms with Gasteiger partial charge in [-0.25, -0.2) is 0 Å². The summed E-state index contributed by atoms with van der Waals surface area (Å²) in [5.74, 6) is -0.179. The summed E-state index contributed by atoms with van der Waals surface area (Å²) in [6.45, 7) is 5.74. The standard InChI is InChI=1S/C23H29NO2/c1-19(2)11-10-16-24(18-21-14-8-5-9-15-21)22(23(25)26-3)17-20-12-6-4-7-13-20/h4-9,11-15,22H,10,16-18H2,1-3H3/t22-/m0/s1. The number of nitrogens with zero attached hydrogens (tertiary/aromatic N) is 1. The molecule has 2 rings (SSSR count). The van der Waals surface area contributed by atoms with Crippen LogP contribution in [0.4, 0.5) is 0 Å². The topological polar surface area (TPSA) is 29.5 Å². The molecule has 0 fully saturated rings. The van der Waals surface area contributed by atoms with Crippen LogP contribution in [0.15, 0.2) is 72.3 Å². The second-order valence-electron chi connectivity index (χ2n) is 6.75. The van der Waals surface area contributed by atoms with Crippen molar-refractivity contribution in [2.24, 2.45) is 0 Å². The van der Waals surface area contributed by atoms with Crippen molar-refractivity contribution in [2.75, 3.05) is 13.7 Å². The van der Waals surface area contributed by atoms with Crippen molar-refractivity contribution < 1.29 is 9.53 Å². The van der Waals surface area contributed by atoms with Gasteiger partial charge in [0.05, 0.1) is 7.11 Å². The highest BCUT2D eigenvalue weighted by Gasteiger charge is 2.26. The SMILES string of the molecule is COC(=O)[C@H](Cc1ccccc1)N(CCC=C(C)C)Cc1ccccc1. The first-order valence-corrected chi connectivity index (χ1v) is 9.13. The summed E-state index contributed by atoms with van der Waals surface area (Å²) < 4.78 is 5.13. The lowest BCUT2D eigenvalue weighted by Gasteiger charge is -2.30. The first-order chi connectivity index (χ1) is 12.6. The predicted octanol–water partition coefficient (Wildman–Crippen LogP) is 4.63. The van der Waals surface area contributed by atoms with Crippen molar-refractivity contribution in [1.29, 1.82) is 0 Å². The molecule has 0 amide bonds. The molecular weight excluding hydrogens is 322 g/mol. The van der Waals surface area contributed by atoms with Crippen molar-refractivity contribution in [3.8, 4) is 0 Å². The number of carbonyl (C=O) groups is 1. The molecule has 0 aliphatic heterocycles. The molecule has 0 aromatic heterocycles. The number of benzene rings is 2. The molecule has 138 valence electrons. The molecule has 0 heterocycles. The molecular formula is C23H29NO2. The molecule has 3 nitrogen and oxygen atoms in total. The first kappa shape index (κ1) is 19.9. The average Bonchev–Trinajstić information content (AvgIpc) is 2.66. The molecule has 2 aromatic rings. The molecule has 0 saturated heterocycles. The molecule has 0 N–H and O–H groups in total. The van der Waals surface area contributed by atoms with E-state index in [1.165, 1.54) is 18.2 Å². The van der Waals surface area contributed by atoms with E-state index in [1.807, 2.05) is 36.4 Å². The summed E-state index contributed by atoms with van der Waals surface area (Å²) in [6.07, 6.45) is 3.78. The molecule has 3 heteroatoms. The van der Waals surface area contributed by atoms with Crippen molar-refractivity contribution in [3.63, 3.8) is 0 Å². The Morgan fingerprint density at radius 1 is 1.00 bits per heavy atom. The highest BCUT2D eigenvalue weighted by atomic mass is 16.5. The minimum absolute atomic E-state index is 0.179. The van der Waals surface area contributed by atoms with E-state index in [0.29, 0.717) is 6.42 Å². The van der Waals surface area contributed by atoms with E-state index in [4.69, 9.17) is 4.74 Å². The van der Waals surface area contributed by atoms with E-state index in [-0.39, 0.29) is 12.0 Å². The van der Waals surface area contributed by atoms with Gasteiger partial charge in [-0.15, -0.1) is 0 Å². The van der Waals surface area contributed by atoms with E-state index in [2.05, 4.69) is 49.1 Å². The van der Waals surface area contributed by atoms with Crippen LogP contribution in [0, 0.1) is 0 Å². The molecule has 1 atom stereocenters. The van der Waals surface area contributed by atoms with Gasteiger partial charge in [0.2, 0.25) is 0 Å². The Kier molecular flexibility index (Phi) is 8.10. The fourth-order valence-corrected chi connectivity index (χ4v) is 3.02. The molecule has 0 unspecified atom stereocenters. The van der Waals surface area contributed by atoms with Gasteiger partial charge in [-0.3, -0.25) is 9.69 Å². The number of hydrogen-bond acceptors (Lipinski definition) is 3. The number of rotatable bonds is 9. The third-order valence-electron chi connectivity index (χ3n) is 4.38. The van der Waals surface area contributed by atoms with Gasteiger partial charge < -0.3 is 4.74 Å². The van der Waals surface area contributed by atoms with Gasteiger partial charge in [-0.05, 0) is 37.8 Å². The normalized spacial score (nSPS) is 11.8. The number of allylic oxidation sites excluding steroid dienone is 1. The lowest BCUT2D eigenvalue weighted by atomic mass is 10.0. The van der Waals surface area contributed by atoms with Crippen LogP contribution < -0.4 is 0 Å². The summed E-state index contributed by atoms with van der Waals surface area (Å²) in [5, 5.41) is 0. The van der Waals surface area contributed by atoms with Crippen LogP contribution >= 0.6 is 0 Å². The van der Waals surface area contributed by atoms with E-state index >= 15 is 0 Å². The Morgan fingerprint density at radius 3 is 2.12 bits per heavy atom. The van der Waals surface area contributed by atoms with Crippen LogP contribution in [-0.2, 0) is 22.5 Å². The Morgan fingerprint density at radius 2 is 1.58 bits per heavy atom. The van der Waals surface area contributed by atoms with E-state index in [0.717, 1.165) is 25.1 Å². The summed E-state index contributed by atoms with van der Waals surface area (Å²) >= 11 is 0. The Hall–Kier alpha value is -2.39. The van der Waals surface area contributed by atoms with Crippen LogP contribution in [-0.4, -0.2) is 30.6 Å². The average molecular weight is 351 g/mol. The fourth-order valence-electron chi connectivity index (χ4n) is 3.02. The second kappa shape index (κ2) is 10.6. The van der Waals surface area contributed by atoms with Gasteiger partial charge in [-0.2, -0.15) is 0 Å². The zero-order valence-electron chi connectivity index (χ0n) is 16.0. The van der Waals surface area contributed by atoms with Crippen LogP contribution in [0.25, 0.3) is 0 Å². The Labute approximate surface area is 157 Å². The lowest BCUT2D eigenvalue weighted by Crippen LogP contribution is -2.43. The fraction of sp³-hybridized carbons (Fsp3) is 0.348. The number of carbonyl (C=O) groups excluding carboxylic acids is 1. The quantitative estimate of drug-likeness (QED) is 0.487. The maximum absolute atomic E-state index is 12.6. The number of esters is 1. The van der Waals surface area contributed by atoms with Gasteiger partial charge >= 0.3 is 5.97 Å². The summed E-state index contributed by atoms with van der Waals surface area (Å²) in [6, 6.07) is 20.1. The molecule has 0 saturated carbocycles. The zero-order chi connectivity index (χ0) is 18.8. The molecule has 26 heavy (non-hydrogen) atoms. The molecule has 0 bridgehead atoms. The molecule has 0 spiro atoms. The van der Waals surface area contributed by atoms with Crippen molar-refractivity contribution >= 4 is 5.97 Å². The number of ether oxygens (including phenoxy) is 1. The van der Waals surface area contributed by atoms with E-state index in [1.54, 1.807) is 0 Å². The highest BCUT2D eigenvalue weighted by Crippen LogP contribution is 2.16. The van der Waals surface area contributed by atoms with E-state index in [9.17, 15) is 4.79 Å². The third kappa shape index (κ3) is 6.49. The first-order valence-electron chi connectivity index (χ1n) is 9.13. The molecule has 2 aromatic carbocycles. The van der Waals surface area contributed by atoms with Crippen LogP contribution in [0.5, 0.6) is 0 Å². The maximum atomic E-state index is 12.6. The van der Waals surface area contributed by atoms with E-state index < -0.39 is 0 Å². The third-order valence-corrected chi connectivity index (χ3v) is 4.38. The second-order valence-corrected chi connectivity index (χ2v) is 6.75. The number of methoxy groups -OCH3 is 1. The Bertz CT molecular complexity index is 691. The number of hydrogen-bond donors (Lipinski definition) is 0. The minimum atomic E-state index is -0.298. The van der Waals surface area contributed by atoms with Gasteiger partial charge in [0, 0.05) is 13.1 Å². The zero-order valence-corrected chi connectivity index (χ0v) is 16.0. The van der Waals surface area contributed by atoms with Crippen LogP contribution in [0.2, 0.25) is 0 Å². The minimum Gasteiger partial charge on any atom is -0.468 e. The van der Waals surface area contributed by atoms with Gasteiger partial charge in [0.15, 0.2) is 0 Å². The smallest absolute Gasteiger partial charge is 0.323 e. The summed E-state index contributed by atoms with van der Waals surface area (Å²) in [5.41, 5.74) is 3.64. The lowest BCUT2D eigenvalue weighted by molar-refractivity contribution is -0.147. The summed E-state index contributed by atoms with van der Waals surface area (Å²) in [4.78, 5) is 14.8. The van der Waals surface area contributed by atoms with Crippen molar-refractivity contribution in [1.82, 2.24) is 4.90 Å². The maximum Gasteiger partial charge on any atom is 0.323 e. The van der Waals surface area contributed by atoms with Crippen molar-refractivity contribution in [2.45, 2.75) is 39.3 Å². The predicted molar refractivity (Wildman–Crippen MR) is 107 cm³/mol. The monoisotopic (exact) mass is 351 g/mol. The Balaban J connectivity index is 2.23. The summed E-state index contributed by atoms with van der Waals surface area (Å²) in [7, 11) is 1.47. The highest BCUT2D eigenvalue weighted by molar-refractivity contribution is 5.76.